The molecule has 2 atom stereocenters. The monoisotopic (exact) mass is 302 g/mol. The van der Waals surface area contributed by atoms with E-state index in [0.717, 1.165) is 12.8 Å². The van der Waals surface area contributed by atoms with Gasteiger partial charge in [-0.2, -0.15) is 0 Å². The van der Waals surface area contributed by atoms with Crippen molar-refractivity contribution in [3.63, 3.8) is 0 Å². The molecule has 0 spiro atoms. The second-order valence-corrected chi connectivity index (χ2v) is 6.95. The Morgan fingerprint density at radius 3 is 2.45 bits per heavy atom. The summed E-state index contributed by atoms with van der Waals surface area (Å²) in [5.74, 6) is 0. The van der Waals surface area contributed by atoms with Crippen LogP contribution in [0.1, 0.15) is 44.7 Å². The third-order valence-corrected chi connectivity index (χ3v) is 3.72. The molecule has 4 nitrogen and oxygen atoms in total. The third kappa shape index (κ3) is 4.60. The summed E-state index contributed by atoms with van der Waals surface area (Å²) in [5, 5.41) is 2.88. The molecular formula is C18H26N2O2. The van der Waals surface area contributed by atoms with Crippen LogP contribution < -0.4 is 11.1 Å². The number of ether oxygens (including phenoxy) is 1. The maximum Gasteiger partial charge on any atom is 0.407 e. The van der Waals surface area contributed by atoms with Crippen LogP contribution in [0.2, 0.25) is 0 Å². The first-order valence-electron chi connectivity index (χ1n) is 7.76. The average molecular weight is 302 g/mol. The zero-order valence-electron chi connectivity index (χ0n) is 13.8. The van der Waals surface area contributed by atoms with E-state index in [2.05, 4.69) is 42.6 Å². The molecule has 1 aromatic carbocycles. The summed E-state index contributed by atoms with van der Waals surface area (Å²) >= 11 is 0. The summed E-state index contributed by atoms with van der Waals surface area (Å²) in [6.07, 6.45) is 3.24. The molecule has 0 fully saturated rings. The highest BCUT2D eigenvalue weighted by atomic mass is 16.6. The normalized spacial score (nSPS) is 22.0. The number of aryl methyl sites for hydroxylation is 1. The van der Waals surface area contributed by atoms with Gasteiger partial charge in [0.1, 0.15) is 5.60 Å². The second-order valence-electron chi connectivity index (χ2n) is 6.95. The van der Waals surface area contributed by atoms with E-state index in [1.807, 2.05) is 20.8 Å². The van der Waals surface area contributed by atoms with Crippen LogP contribution in [0.4, 0.5) is 4.79 Å². The number of hydrogen-bond acceptors (Lipinski definition) is 3. The summed E-state index contributed by atoms with van der Waals surface area (Å²) in [5.41, 5.74) is 9.44. The Balaban J connectivity index is 1.99. The zero-order chi connectivity index (χ0) is 16.3. The zero-order valence-corrected chi connectivity index (χ0v) is 13.8. The minimum atomic E-state index is -0.494. The van der Waals surface area contributed by atoms with Gasteiger partial charge in [0.15, 0.2) is 0 Å². The molecule has 1 aliphatic carbocycles. The van der Waals surface area contributed by atoms with E-state index in [9.17, 15) is 4.79 Å². The number of carbonyl (C=O) groups is 1. The van der Waals surface area contributed by atoms with Gasteiger partial charge < -0.3 is 15.8 Å². The lowest BCUT2D eigenvalue weighted by Gasteiger charge is -2.30. The van der Waals surface area contributed by atoms with E-state index in [1.54, 1.807) is 0 Å². The van der Waals surface area contributed by atoms with Crippen molar-refractivity contribution in [3.8, 4) is 0 Å². The van der Waals surface area contributed by atoms with Crippen molar-refractivity contribution in [2.24, 2.45) is 5.73 Å². The lowest BCUT2D eigenvalue weighted by atomic mass is 9.87. The van der Waals surface area contributed by atoms with Crippen molar-refractivity contribution in [2.75, 3.05) is 0 Å². The Morgan fingerprint density at radius 1 is 1.27 bits per heavy atom. The molecular weight excluding hydrogens is 276 g/mol. The lowest BCUT2D eigenvalue weighted by Crippen LogP contribution is -2.50. The molecule has 0 aliphatic heterocycles. The van der Waals surface area contributed by atoms with Gasteiger partial charge in [-0.05, 0) is 51.7 Å². The number of rotatable bonds is 2. The molecule has 1 aliphatic rings. The van der Waals surface area contributed by atoms with Crippen molar-refractivity contribution in [3.05, 3.63) is 41.5 Å². The van der Waals surface area contributed by atoms with Crippen molar-refractivity contribution in [1.29, 1.82) is 0 Å². The molecule has 0 bridgehead atoms. The fourth-order valence-electron chi connectivity index (χ4n) is 2.55. The first-order valence-corrected chi connectivity index (χ1v) is 7.76. The SMILES string of the molecule is Cc1ccc(C2=CC[C@H](NC(=O)OC(C)(C)C)[C@@H](N)C2)cc1. The van der Waals surface area contributed by atoms with Crippen molar-refractivity contribution in [1.82, 2.24) is 5.32 Å². The molecule has 1 amide bonds. The predicted molar refractivity (Wildman–Crippen MR) is 89.5 cm³/mol. The first-order chi connectivity index (χ1) is 10.2. The van der Waals surface area contributed by atoms with Crippen LogP contribution >= 0.6 is 0 Å². The van der Waals surface area contributed by atoms with E-state index in [4.69, 9.17) is 10.5 Å². The Labute approximate surface area is 132 Å². The summed E-state index contributed by atoms with van der Waals surface area (Å²) in [7, 11) is 0. The van der Waals surface area contributed by atoms with Gasteiger partial charge in [-0.15, -0.1) is 0 Å². The van der Waals surface area contributed by atoms with Crippen LogP contribution in [-0.4, -0.2) is 23.8 Å². The van der Waals surface area contributed by atoms with E-state index in [0.29, 0.717) is 0 Å². The number of benzene rings is 1. The largest absolute Gasteiger partial charge is 0.444 e. The fourth-order valence-corrected chi connectivity index (χ4v) is 2.55. The summed E-state index contributed by atoms with van der Waals surface area (Å²) in [6, 6.07) is 8.27. The average Bonchev–Trinajstić information content (AvgIpc) is 2.40. The molecule has 4 heteroatoms. The summed E-state index contributed by atoms with van der Waals surface area (Å²) in [4.78, 5) is 11.9. The molecule has 2 rings (SSSR count). The van der Waals surface area contributed by atoms with Gasteiger partial charge in [-0.25, -0.2) is 4.79 Å². The van der Waals surface area contributed by atoms with Crippen molar-refractivity contribution < 1.29 is 9.53 Å². The lowest BCUT2D eigenvalue weighted by molar-refractivity contribution is 0.0496. The molecule has 22 heavy (non-hydrogen) atoms. The quantitative estimate of drug-likeness (QED) is 0.880. The minimum Gasteiger partial charge on any atom is -0.444 e. The van der Waals surface area contributed by atoms with Crippen molar-refractivity contribution in [2.45, 2.75) is 58.2 Å². The van der Waals surface area contributed by atoms with Crippen LogP contribution in [0, 0.1) is 6.92 Å². The number of amides is 1. The molecule has 0 saturated carbocycles. The highest BCUT2D eigenvalue weighted by Gasteiger charge is 2.26. The van der Waals surface area contributed by atoms with Crippen molar-refractivity contribution >= 4 is 11.7 Å². The molecule has 0 aromatic heterocycles. The van der Waals surface area contributed by atoms with Gasteiger partial charge in [0.25, 0.3) is 0 Å². The summed E-state index contributed by atoms with van der Waals surface area (Å²) < 4.78 is 5.29. The second kappa shape index (κ2) is 6.53. The summed E-state index contributed by atoms with van der Waals surface area (Å²) in [6.45, 7) is 7.62. The highest BCUT2D eigenvalue weighted by molar-refractivity contribution is 5.70. The molecule has 0 unspecified atom stereocenters. The van der Waals surface area contributed by atoms with Gasteiger partial charge in [0, 0.05) is 6.04 Å². The fraction of sp³-hybridized carbons (Fsp3) is 0.500. The Hall–Kier alpha value is -1.81. The number of nitrogens with one attached hydrogen (secondary N) is 1. The minimum absolute atomic E-state index is 0.0796. The first kappa shape index (κ1) is 16.6. The van der Waals surface area contributed by atoms with Gasteiger partial charge in [-0.1, -0.05) is 35.9 Å². The maximum atomic E-state index is 11.9. The van der Waals surface area contributed by atoms with Crippen LogP contribution in [0.25, 0.3) is 5.57 Å². The smallest absolute Gasteiger partial charge is 0.407 e. The van der Waals surface area contributed by atoms with Crippen LogP contribution in [0.15, 0.2) is 30.3 Å². The molecule has 1 aromatic rings. The highest BCUT2D eigenvalue weighted by Crippen LogP contribution is 2.27. The van der Waals surface area contributed by atoms with Gasteiger partial charge >= 0.3 is 6.09 Å². The van der Waals surface area contributed by atoms with Gasteiger partial charge in [0.05, 0.1) is 6.04 Å². The van der Waals surface area contributed by atoms with Gasteiger partial charge in [0.2, 0.25) is 0 Å². The molecule has 3 N–H and O–H groups in total. The molecule has 120 valence electrons. The standard InChI is InChI=1S/C18H26N2O2/c1-12-5-7-13(8-6-12)14-9-10-16(15(19)11-14)20-17(21)22-18(2,3)4/h5-9,15-16H,10-11,19H2,1-4H3,(H,20,21)/t15-,16-/m0/s1. The number of hydrogen-bond donors (Lipinski definition) is 2. The van der Waals surface area contributed by atoms with E-state index in [1.165, 1.54) is 16.7 Å². The predicted octanol–water partition coefficient (Wildman–Crippen LogP) is 3.39. The van der Waals surface area contributed by atoms with Crippen LogP contribution in [-0.2, 0) is 4.74 Å². The Kier molecular flexibility index (Phi) is 4.91. The molecule has 0 saturated heterocycles. The molecule has 0 radical (unpaired) electrons. The van der Waals surface area contributed by atoms with Crippen LogP contribution in [0.5, 0.6) is 0 Å². The van der Waals surface area contributed by atoms with Gasteiger partial charge in [-0.3, -0.25) is 0 Å². The third-order valence-electron chi connectivity index (χ3n) is 3.72. The number of carbonyl (C=O) groups excluding carboxylic acids is 1. The van der Waals surface area contributed by atoms with E-state index in [-0.39, 0.29) is 12.1 Å². The van der Waals surface area contributed by atoms with E-state index >= 15 is 0 Å². The van der Waals surface area contributed by atoms with Crippen LogP contribution in [0.3, 0.4) is 0 Å². The van der Waals surface area contributed by atoms with E-state index < -0.39 is 11.7 Å². The Morgan fingerprint density at radius 2 is 1.91 bits per heavy atom. The number of alkyl carbamates (subject to hydrolysis) is 1. The Bertz CT molecular complexity index is 555. The molecule has 0 heterocycles. The number of nitrogens with two attached hydrogens (primary N) is 1. The topological polar surface area (TPSA) is 64.3 Å². The maximum absolute atomic E-state index is 11.9.